The van der Waals surface area contributed by atoms with E-state index in [-0.39, 0.29) is 6.42 Å². The molecule has 0 bridgehead atoms. The Morgan fingerprint density at radius 3 is 2.42 bits per heavy atom. The molecule has 1 aromatic rings. The number of benzene rings is 1. The molecule has 2 atom stereocenters. The van der Waals surface area contributed by atoms with Crippen LogP contribution in [0.3, 0.4) is 0 Å². The molecule has 0 radical (unpaired) electrons. The smallest absolute Gasteiger partial charge is 0.217 e. The van der Waals surface area contributed by atoms with E-state index in [1.807, 2.05) is 30.3 Å². The van der Waals surface area contributed by atoms with E-state index in [1.165, 1.54) is 0 Å². The summed E-state index contributed by atoms with van der Waals surface area (Å²) >= 11 is 0. The lowest BCUT2D eigenvalue weighted by Crippen LogP contribution is -2.04. The minimum absolute atomic E-state index is 0.245. The summed E-state index contributed by atoms with van der Waals surface area (Å²) in [6, 6.07) is 9.15. The highest BCUT2D eigenvalue weighted by atomic mass is 31.1. The first-order valence-corrected chi connectivity index (χ1v) is 5.08. The molecule has 0 aromatic heterocycles. The first-order valence-electron chi connectivity index (χ1n) is 3.65. The normalized spacial score (nSPS) is 15.5. The van der Waals surface area contributed by atoms with Gasteiger partial charge in [-0.3, -0.25) is 4.57 Å². The van der Waals surface area contributed by atoms with E-state index < -0.39 is 13.9 Å². The van der Waals surface area contributed by atoms with Gasteiger partial charge in [0.15, 0.2) is 0 Å². The molecule has 12 heavy (non-hydrogen) atoms. The van der Waals surface area contributed by atoms with Crippen molar-refractivity contribution in [3.8, 4) is 0 Å². The van der Waals surface area contributed by atoms with Crippen LogP contribution in [0.4, 0.5) is 0 Å². The lowest BCUT2D eigenvalue weighted by molar-refractivity contribution is 0.238. The summed E-state index contributed by atoms with van der Waals surface area (Å²) in [7, 11) is -2.80. The van der Waals surface area contributed by atoms with Crippen molar-refractivity contribution in [2.24, 2.45) is 0 Å². The third kappa shape index (κ3) is 2.78. The SMILES string of the molecule is O=[PH](O)C(O)Cc1ccccc1. The van der Waals surface area contributed by atoms with Gasteiger partial charge in [-0.15, -0.1) is 0 Å². The second-order valence-electron chi connectivity index (χ2n) is 2.54. The number of aliphatic hydroxyl groups excluding tert-OH is 1. The van der Waals surface area contributed by atoms with Gasteiger partial charge in [0.2, 0.25) is 8.03 Å². The molecule has 2 unspecified atom stereocenters. The highest BCUT2D eigenvalue weighted by Crippen LogP contribution is 2.22. The molecular weight excluding hydrogens is 175 g/mol. The maximum atomic E-state index is 10.4. The molecule has 0 fully saturated rings. The largest absolute Gasteiger partial charge is 0.383 e. The fourth-order valence-corrected chi connectivity index (χ4v) is 1.33. The molecule has 0 heterocycles. The molecule has 1 aromatic carbocycles. The summed E-state index contributed by atoms with van der Waals surface area (Å²) in [4.78, 5) is 8.58. The van der Waals surface area contributed by atoms with Crippen LogP contribution in [-0.4, -0.2) is 15.8 Å². The fourth-order valence-electron chi connectivity index (χ4n) is 0.925. The van der Waals surface area contributed by atoms with Gasteiger partial charge in [0, 0.05) is 6.42 Å². The second kappa shape index (κ2) is 4.41. The monoisotopic (exact) mass is 186 g/mol. The van der Waals surface area contributed by atoms with Gasteiger partial charge in [0.1, 0.15) is 5.85 Å². The zero-order valence-corrected chi connectivity index (χ0v) is 7.47. The van der Waals surface area contributed by atoms with Crippen molar-refractivity contribution < 1.29 is 14.6 Å². The van der Waals surface area contributed by atoms with Crippen LogP contribution < -0.4 is 0 Å². The van der Waals surface area contributed by atoms with Crippen LogP contribution in [0.15, 0.2) is 30.3 Å². The summed E-state index contributed by atoms with van der Waals surface area (Å²) in [5.41, 5.74) is 0.873. The zero-order valence-electron chi connectivity index (χ0n) is 6.47. The molecule has 0 saturated carbocycles. The predicted octanol–water partition coefficient (Wildman–Crippen LogP) is 1.01. The Balaban J connectivity index is 2.58. The van der Waals surface area contributed by atoms with Crippen LogP contribution in [0, 0.1) is 0 Å². The lowest BCUT2D eigenvalue weighted by atomic mass is 10.2. The lowest BCUT2D eigenvalue weighted by Gasteiger charge is -2.05. The van der Waals surface area contributed by atoms with Crippen molar-refractivity contribution in [1.29, 1.82) is 0 Å². The third-order valence-electron chi connectivity index (χ3n) is 1.56. The van der Waals surface area contributed by atoms with Crippen molar-refractivity contribution in [1.82, 2.24) is 0 Å². The highest BCUT2D eigenvalue weighted by molar-refractivity contribution is 7.38. The highest BCUT2D eigenvalue weighted by Gasteiger charge is 2.09. The average molecular weight is 186 g/mol. The summed E-state index contributed by atoms with van der Waals surface area (Å²) in [6.45, 7) is 0. The molecule has 3 nitrogen and oxygen atoms in total. The first kappa shape index (κ1) is 9.46. The first-order chi connectivity index (χ1) is 5.70. The number of aliphatic hydroxyl groups is 1. The van der Waals surface area contributed by atoms with Crippen molar-refractivity contribution in [3.63, 3.8) is 0 Å². The van der Waals surface area contributed by atoms with Crippen molar-refractivity contribution >= 4 is 8.03 Å². The third-order valence-corrected chi connectivity index (χ3v) is 2.33. The van der Waals surface area contributed by atoms with E-state index in [0.717, 1.165) is 5.56 Å². The van der Waals surface area contributed by atoms with Crippen LogP contribution in [0.1, 0.15) is 5.56 Å². The molecule has 0 amide bonds. The molecule has 2 N–H and O–H groups in total. The average Bonchev–Trinajstić information content (AvgIpc) is 2.06. The standard InChI is InChI=1S/C8H11O3P/c9-8(12(10)11)6-7-4-2-1-3-5-7/h1-5,8-9,12H,6H2,(H,10,11). The predicted molar refractivity (Wildman–Crippen MR) is 47.4 cm³/mol. The van der Waals surface area contributed by atoms with E-state index in [2.05, 4.69) is 0 Å². The maximum Gasteiger partial charge on any atom is 0.217 e. The summed E-state index contributed by atoms with van der Waals surface area (Å²) in [6.07, 6.45) is 0.245. The van der Waals surface area contributed by atoms with Gasteiger partial charge in [0.05, 0.1) is 0 Å². The van der Waals surface area contributed by atoms with Gasteiger partial charge >= 0.3 is 0 Å². The van der Waals surface area contributed by atoms with Crippen molar-refractivity contribution in [2.75, 3.05) is 0 Å². The number of hydrogen-bond acceptors (Lipinski definition) is 2. The van der Waals surface area contributed by atoms with E-state index in [9.17, 15) is 4.57 Å². The number of rotatable bonds is 3. The van der Waals surface area contributed by atoms with Crippen LogP contribution >= 0.6 is 8.03 Å². The molecule has 4 heteroatoms. The van der Waals surface area contributed by atoms with Crippen LogP contribution in [0.5, 0.6) is 0 Å². The van der Waals surface area contributed by atoms with Crippen molar-refractivity contribution in [2.45, 2.75) is 12.3 Å². The number of hydrogen-bond donors (Lipinski definition) is 2. The van der Waals surface area contributed by atoms with E-state index in [0.29, 0.717) is 0 Å². The van der Waals surface area contributed by atoms with E-state index >= 15 is 0 Å². The second-order valence-corrected chi connectivity index (χ2v) is 3.89. The minimum Gasteiger partial charge on any atom is -0.383 e. The Kier molecular flexibility index (Phi) is 3.48. The van der Waals surface area contributed by atoms with E-state index in [4.69, 9.17) is 10.00 Å². The summed E-state index contributed by atoms with van der Waals surface area (Å²) < 4.78 is 10.4. The van der Waals surface area contributed by atoms with Gasteiger partial charge < -0.3 is 10.00 Å². The Morgan fingerprint density at radius 2 is 1.92 bits per heavy atom. The zero-order chi connectivity index (χ0) is 8.97. The Bertz CT molecular complexity index is 260. The Labute approximate surface area is 71.5 Å². The summed E-state index contributed by atoms with van der Waals surface area (Å²) in [5.74, 6) is -1.11. The summed E-state index contributed by atoms with van der Waals surface area (Å²) in [5, 5.41) is 9.06. The topological polar surface area (TPSA) is 57.5 Å². The quantitative estimate of drug-likeness (QED) is 0.693. The molecule has 0 aliphatic rings. The molecule has 0 spiro atoms. The maximum absolute atomic E-state index is 10.4. The van der Waals surface area contributed by atoms with Gasteiger partial charge in [-0.05, 0) is 5.56 Å². The van der Waals surface area contributed by atoms with Crippen LogP contribution in [-0.2, 0) is 11.0 Å². The molecule has 66 valence electrons. The molecule has 0 aliphatic heterocycles. The van der Waals surface area contributed by atoms with Gasteiger partial charge in [-0.2, -0.15) is 0 Å². The van der Waals surface area contributed by atoms with Gasteiger partial charge in [0.25, 0.3) is 0 Å². The molecule has 1 rings (SSSR count). The minimum atomic E-state index is -2.80. The van der Waals surface area contributed by atoms with E-state index in [1.54, 1.807) is 0 Å². The van der Waals surface area contributed by atoms with Gasteiger partial charge in [-0.1, -0.05) is 30.3 Å². The van der Waals surface area contributed by atoms with Gasteiger partial charge in [-0.25, -0.2) is 0 Å². The fraction of sp³-hybridized carbons (Fsp3) is 0.250. The molecular formula is C8H11O3P. The van der Waals surface area contributed by atoms with Crippen LogP contribution in [0.2, 0.25) is 0 Å². The Hall–Kier alpha value is -0.630. The Morgan fingerprint density at radius 1 is 1.33 bits per heavy atom. The van der Waals surface area contributed by atoms with Crippen LogP contribution in [0.25, 0.3) is 0 Å². The molecule has 0 saturated heterocycles. The van der Waals surface area contributed by atoms with Crippen molar-refractivity contribution in [3.05, 3.63) is 35.9 Å². The molecule has 0 aliphatic carbocycles.